The van der Waals surface area contributed by atoms with Gasteiger partial charge in [-0.05, 0) is 69.7 Å². The molecule has 208 valence electrons. The minimum absolute atomic E-state index is 0.0963. The summed E-state index contributed by atoms with van der Waals surface area (Å²) in [4.78, 5) is 27.0. The van der Waals surface area contributed by atoms with Crippen LogP contribution in [0.2, 0.25) is 5.02 Å². The van der Waals surface area contributed by atoms with Crippen LogP contribution in [0.25, 0.3) is 0 Å². The van der Waals surface area contributed by atoms with E-state index in [-0.39, 0.29) is 24.2 Å². The van der Waals surface area contributed by atoms with Crippen LogP contribution in [0.4, 0.5) is 5.00 Å². The minimum atomic E-state index is -0.436. The van der Waals surface area contributed by atoms with Crippen molar-refractivity contribution in [3.05, 3.63) is 63.3 Å². The number of nitrogens with zero attached hydrogens (tertiary/aromatic N) is 3. The fraction of sp³-hybridized carbons (Fsp3) is 0.429. The van der Waals surface area contributed by atoms with Gasteiger partial charge in [0.15, 0.2) is 17.1 Å². The highest BCUT2D eigenvalue weighted by molar-refractivity contribution is 7.99. The Morgan fingerprint density at radius 2 is 2.08 bits per heavy atom. The fourth-order valence-electron chi connectivity index (χ4n) is 4.50. The van der Waals surface area contributed by atoms with Gasteiger partial charge in [-0.2, -0.15) is 0 Å². The zero-order chi connectivity index (χ0) is 27.9. The first kappa shape index (κ1) is 29.2. The third-order valence-corrected chi connectivity index (χ3v) is 8.78. The number of nitrogens with one attached hydrogen (secondary N) is 1. The number of anilines is 1. The van der Waals surface area contributed by atoms with Crippen LogP contribution in [-0.2, 0) is 28.9 Å². The quantitative estimate of drug-likeness (QED) is 0.114. The lowest BCUT2D eigenvalue weighted by molar-refractivity contribution is -0.113. The number of aryl methyl sites for hydroxylation is 2. The number of esters is 1. The van der Waals surface area contributed by atoms with Gasteiger partial charge in [0.05, 0.1) is 22.9 Å². The summed E-state index contributed by atoms with van der Waals surface area (Å²) in [6.07, 6.45) is 6.29. The number of thiophene rings is 1. The Morgan fingerprint density at radius 1 is 1.28 bits per heavy atom. The van der Waals surface area contributed by atoms with Crippen molar-refractivity contribution >= 4 is 51.6 Å². The van der Waals surface area contributed by atoms with Crippen LogP contribution in [0.15, 0.2) is 36.0 Å². The molecule has 4 rings (SSSR count). The molecule has 0 radical (unpaired) electrons. The number of carbonyl (C=O) groups excluding carboxylic acids is 2. The number of hydrogen-bond donors (Lipinski definition) is 1. The molecule has 1 amide bonds. The molecular formula is C28H33ClN4O4S2. The first-order valence-electron chi connectivity index (χ1n) is 13.0. The van der Waals surface area contributed by atoms with E-state index in [0.717, 1.165) is 48.1 Å². The number of benzene rings is 1. The van der Waals surface area contributed by atoms with Gasteiger partial charge in [0.1, 0.15) is 10.8 Å². The number of amides is 1. The lowest BCUT2D eigenvalue weighted by atomic mass is 10.1. The molecule has 1 unspecified atom stereocenters. The molecule has 2 aromatic heterocycles. The van der Waals surface area contributed by atoms with E-state index in [1.165, 1.54) is 23.1 Å². The van der Waals surface area contributed by atoms with Crippen molar-refractivity contribution in [2.45, 2.75) is 70.7 Å². The van der Waals surface area contributed by atoms with E-state index in [9.17, 15) is 9.59 Å². The Labute approximate surface area is 242 Å². The Kier molecular flexibility index (Phi) is 10.1. The van der Waals surface area contributed by atoms with Gasteiger partial charge < -0.3 is 14.8 Å². The van der Waals surface area contributed by atoms with Crippen molar-refractivity contribution in [3.8, 4) is 5.75 Å². The summed E-state index contributed by atoms with van der Waals surface area (Å²) in [5.41, 5.74) is 2.57. The number of ether oxygens (including phenoxy) is 2. The molecule has 11 heteroatoms. The molecule has 3 aromatic rings. The number of halogens is 1. The van der Waals surface area contributed by atoms with Gasteiger partial charge in [0.2, 0.25) is 5.91 Å². The zero-order valence-corrected chi connectivity index (χ0v) is 24.8. The van der Waals surface area contributed by atoms with Crippen molar-refractivity contribution in [3.63, 3.8) is 0 Å². The van der Waals surface area contributed by atoms with Crippen molar-refractivity contribution < 1.29 is 19.1 Å². The predicted molar refractivity (Wildman–Crippen MR) is 156 cm³/mol. The summed E-state index contributed by atoms with van der Waals surface area (Å²) in [5.74, 6) is 0.657. The number of allylic oxidation sites excluding steroid dienone is 1. The maximum Gasteiger partial charge on any atom is 0.341 e. The van der Waals surface area contributed by atoms with Crippen LogP contribution in [0.3, 0.4) is 0 Å². The lowest BCUT2D eigenvalue weighted by Gasteiger charge is -2.17. The molecule has 0 fully saturated rings. The molecule has 2 heterocycles. The van der Waals surface area contributed by atoms with Crippen LogP contribution in [0.1, 0.15) is 71.4 Å². The van der Waals surface area contributed by atoms with E-state index < -0.39 is 6.10 Å². The van der Waals surface area contributed by atoms with Crippen molar-refractivity contribution in [2.24, 2.45) is 0 Å². The molecular weight excluding hydrogens is 556 g/mol. The van der Waals surface area contributed by atoms with Crippen LogP contribution in [0.5, 0.6) is 5.75 Å². The maximum atomic E-state index is 13.0. The van der Waals surface area contributed by atoms with Crippen molar-refractivity contribution in [1.29, 1.82) is 0 Å². The number of thioether (sulfide) groups is 1. The molecule has 1 aliphatic rings. The highest BCUT2D eigenvalue weighted by Crippen LogP contribution is 2.38. The van der Waals surface area contributed by atoms with Gasteiger partial charge in [0.25, 0.3) is 0 Å². The summed E-state index contributed by atoms with van der Waals surface area (Å²) in [7, 11) is 0. The van der Waals surface area contributed by atoms with Gasteiger partial charge in [-0.25, -0.2) is 4.79 Å². The lowest BCUT2D eigenvalue weighted by Crippen LogP contribution is -2.17. The monoisotopic (exact) mass is 588 g/mol. The smallest absolute Gasteiger partial charge is 0.341 e. The number of carbonyl (C=O) groups is 2. The van der Waals surface area contributed by atoms with E-state index in [1.807, 2.05) is 30.5 Å². The second-order valence-corrected chi connectivity index (χ2v) is 11.7. The second-order valence-electron chi connectivity index (χ2n) is 9.26. The average molecular weight is 589 g/mol. The summed E-state index contributed by atoms with van der Waals surface area (Å²) in [6.45, 7) is 10.2. The molecule has 39 heavy (non-hydrogen) atoms. The van der Waals surface area contributed by atoms with Crippen molar-refractivity contribution in [1.82, 2.24) is 14.8 Å². The molecule has 0 aliphatic heterocycles. The largest absolute Gasteiger partial charge is 0.481 e. The summed E-state index contributed by atoms with van der Waals surface area (Å²) in [5, 5.41) is 13.3. The van der Waals surface area contributed by atoms with Crippen LogP contribution < -0.4 is 10.1 Å². The number of hydrogen-bond acceptors (Lipinski definition) is 8. The normalized spacial score (nSPS) is 13.7. The Balaban J connectivity index is 1.47. The van der Waals surface area contributed by atoms with Crippen LogP contribution >= 0.6 is 34.7 Å². The van der Waals surface area contributed by atoms with Crippen LogP contribution in [-0.4, -0.2) is 39.0 Å². The van der Waals surface area contributed by atoms with Gasteiger partial charge >= 0.3 is 5.97 Å². The average Bonchev–Trinajstić information content (AvgIpc) is 3.37. The molecule has 8 nitrogen and oxygen atoms in total. The number of fused-ring (bicyclic) bond motifs is 1. The zero-order valence-electron chi connectivity index (χ0n) is 22.4. The Hall–Kier alpha value is -2.82. The molecule has 1 atom stereocenters. The molecule has 0 spiro atoms. The standard InChI is InChI=1S/C28H33ClN4O4S2/c1-5-14-33-25(18(4)37-21-15-17(3)12-13-20(21)29)31-32-28(33)38-16-23(34)30-26-24(27(35)36-6-2)19-10-8-7-9-11-22(19)39-26/h5,12-13,15,18H,1,6-11,14,16H2,2-4H3,(H,30,34). The Morgan fingerprint density at radius 3 is 2.85 bits per heavy atom. The molecule has 0 bridgehead atoms. The van der Waals surface area contributed by atoms with Gasteiger partial charge in [-0.15, -0.1) is 28.1 Å². The van der Waals surface area contributed by atoms with Gasteiger partial charge in [0, 0.05) is 11.4 Å². The summed E-state index contributed by atoms with van der Waals surface area (Å²) in [6, 6.07) is 5.59. The first-order valence-corrected chi connectivity index (χ1v) is 15.2. The van der Waals surface area contributed by atoms with E-state index in [1.54, 1.807) is 19.1 Å². The predicted octanol–water partition coefficient (Wildman–Crippen LogP) is 6.80. The fourth-order valence-corrected chi connectivity index (χ4v) is 6.71. The highest BCUT2D eigenvalue weighted by Gasteiger charge is 2.27. The summed E-state index contributed by atoms with van der Waals surface area (Å²) < 4.78 is 13.3. The van der Waals surface area contributed by atoms with E-state index in [0.29, 0.717) is 38.9 Å². The van der Waals surface area contributed by atoms with Crippen LogP contribution in [0, 0.1) is 6.92 Å². The minimum Gasteiger partial charge on any atom is -0.481 e. The Bertz CT molecular complexity index is 1350. The van der Waals surface area contributed by atoms with E-state index in [2.05, 4.69) is 22.1 Å². The molecule has 0 saturated heterocycles. The topological polar surface area (TPSA) is 95.3 Å². The highest BCUT2D eigenvalue weighted by atomic mass is 35.5. The molecule has 0 saturated carbocycles. The van der Waals surface area contributed by atoms with E-state index in [4.69, 9.17) is 21.1 Å². The first-order chi connectivity index (χ1) is 18.8. The van der Waals surface area contributed by atoms with Crippen molar-refractivity contribution in [2.75, 3.05) is 17.7 Å². The van der Waals surface area contributed by atoms with Gasteiger partial charge in [-0.1, -0.05) is 41.9 Å². The number of rotatable bonds is 11. The third-order valence-electron chi connectivity index (χ3n) is 6.30. The maximum absolute atomic E-state index is 13.0. The molecule has 1 aliphatic carbocycles. The summed E-state index contributed by atoms with van der Waals surface area (Å²) >= 11 is 9.06. The third kappa shape index (κ3) is 7.04. The number of aromatic nitrogens is 3. The van der Waals surface area contributed by atoms with E-state index >= 15 is 0 Å². The second kappa shape index (κ2) is 13.5. The SMILES string of the molecule is C=CCn1c(SCC(=O)Nc2sc3c(c2C(=O)OCC)CCCCC3)nnc1C(C)Oc1cc(C)ccc1Cl. The van der Waals surface area contributed by atoms with Gasteiger partial charge in [-0.3, -0.25) is 9.36 Å². The molecule has 1 N–H and O–H groups in total. The molecule has 1 aromatic carbocycles.